The van der Waals surface area contributed by atoms with E-state index in [0.717, 1.165) is 5.56 Å². The summed E-state index contributed by atoms with van der Waals surface area (Å²) < 4.78 is 33.3. The molecule has 0 saturated carbocycles. The van der Waals surface area contributed by atoms with Crippen molar-refractivity contribution in [3.8, 4) is 34.6 Å². The predicted octanol–water partition coefficient (Wildman–Crippen LogP) is 2.44. The van der Waals surface area contributed by atoms with E-state index in [-0.39, 0.29) is 17.4 Å². The van der Waals surface area contributed by atoms with Crippen LogP contribution in [0.25, 0.3) is 17.2 Å². The van der Waals surface area contributed by atoms with Crippen molar-refractivity contribution in [3.63, 3.8) is 0 Å². The van der Waals surface area contributed by atoms with E-state index in [1.807, 2.05) is 13.8 Å². The topological polar surface area (TPSA) is 143 Å². The fourth-order valence-corrected chi connectivity index (χ4v) is 4.18. The molecule has 37 heavy (non-hydrogen) atoms. The SMILES string of the molecule is CCOc1cccc(-c2nnc(C(=O)NS(=O)Cc3ncc(C)cn3)n2-c2c(OC)cccc2OC)n1. The Balaban J connectivity index is 1.78. The Morgan fingerprint density at radius 3 is 2.35 bits per heavy atom. The van der Waals surface area contributed by atoms with Gasteiger partial charge in [0, 0.05) is 18.5 Å². The summed E-state index contributed by atoms with van der Waals surface area (Å²) in [5, 5.41) is 8.35. The number of aryl methyl sites for hydroxylation is 1. The molecule has 4 rings (SSSR count). The molecule has 1 aromatic carbocycles. The van der Waals surface area contributed by atoms with Crippen LogP contribution in [0.4, 0.5) is 0 Å². The lowest BCUT2D eigenvalue weighted by molar-refractivity contribution is 0.0970. The predicted molar refractivity (Wildman–Crippen MR) is 135 cm³/mol. The van der Waals surface area contributed by atoms with Crippen LogP contribution in [-0.4, -0.2) is 60.7 Å². The van der Waals surface area contributed by atoms with E-state index in [9.17, 15) is 9.00 Å². The van der Waals surface area contributed by atoms with E-state index in [2.05, 4.69) is 29.9 Å². The lowest BCUT2D eigenvalue weighted by atomic mass is 10.2. The molecule has 13 heteroatoms. The van der Waals surface area contributed by atoms with Gasteiger partial charge in [-0.3, -0.25) is 14.1 Å². The molecule has 1 amide bonds. The van der Waals surface area contributed by atoms with Crippen LogP contribution in [0, 0.1) is 6.92 Å². The van der Waals surface area contributed by atoms with Crippen LogP contribution in [0.5, 0.6) is 17.4 Å². The third-order valence-electron chi connectivity index (χ3n) is 5.04. The highest BCUT2D eigenvalue weighted by atomic mass is 32.2. The van der Waals surface area contributed by atoms with Crippen LogP contribution in [-0.2, 0) is 16.7 Å². The normalized spacial score (nSPS) is 11.6. The molecule has 1 N–H and O–H groups in total. The molecule has 1 atom stereocenters. The van der Waals surface area contributed by atoms with Crippen LogP contribution in [0.15, 0.2) is 48.8 Å². The van der Waals surface area contributed by atoms with Gasteiger partial charge in [0.1, 0.15) is 45.4 Å². The first kappa shape index (κ1) is 25.7. The molecule has 3 heterocycles. The van der Waals surface area contributed by atoms with Gasteiger partial charge in [-0.1, -0.05) is 12.1 Å². The summed E-state index contributed by atoms with van der Waals surface area (Å²) >= 11 is 0. The highest BCUT2D eigenvalue weighted by Crippen LogP contribution is 2.36. The number of nitrogens with zero attached hydrogens (tertiary/aromatic N) is 6. The van der Waals surface area contributed by atoms with Crippen molar-refractivity contribution in [3.05, 3.63) is 66.0 Å². The average Bonchev–Trinajstić information content (AvgIpc) is 3.34. The first-order valence-electron chi connectivity index (χ1n) is 11.2. The summed E-state index contributed by atoms with van der Waals surface area (Å²) in [7, 11) is 1.15. The fraction of sp³-hybridized carbons (Fsp3) is 0.250. The third-order valence-corrected chi connectivity index (χ3v) is 5.97. The number of hydrogen-bond donors (Lipinski definition) is 1. The van der Waals surface area contributed by atoms with Gasteiger partial charge in [-0.25, -0.2) is 19.2 Å². The lowest BCUT2D eigenvalue weighted by Gasteiger charge is -2.17. The van der Waals surface area contributed by atoms with E-state index in [0.29, 0.717) is 41.2 Å². The summed E-state index contributed by atoms with van der Waals surface area (Å²) in [4.78, 5) is 26.1. The maximum absolute atomic E-state index is 13.3. The van der Waals surface area contributed by atoms with E-state index in [1.54, 1.807) is 48.8 Å². The largest absolute Gasteiger partial charge is 0.494 e. The minimum atomic E-state index is -1.83. The summed E-state index contributed by atoms with van der Waals surface area (Å²) in [6, 6.07) is 10.3. The molecule has 0 aliphatic heterocycles. The first-order valence-corrected chi connectivity index (χ1v) is 12.5. The highest BCUT2D eigenvalue weighted by molar-refractivity contribution is 7.82. The number of para-hydroxylation sites is 1. The molecule has 12 nitrogen and oxygen atoms in total. The molecular weight excluding hydrogens is 498 g/mol. The summed E-state index contributed by atoms with van der Waals surface area (Å²) in [6.45, 7) is 4.12. The minimum Gasteiger partial charge on any atom is -0.494 e. The van der Waals surface area contributed by atoms with Crippen LogP contribution in [0.2, 0.25) is 0 Å². The first-order chi connectivity index (χ1) is 17.9. The average molecular weight is 524 g/mol. The van der Waals surface area contributed by atoms with Gasteiger partial charge < -0.3 is 14.2 Å². The zero-order valence-electron chi connectivity index (χ0n) is 20.7. The second-order valence-corrected chi connectivity index (χ2v) is 8.77. The molecule has 1 unspecified atom stereocenters. The number of rotatable bonds is 10. The van der Waals surface area contributed by atoms with Crippen molar-refractivity contribution in [2.75, 3.05) is 20.8 Å². The standard InChI is InChI=1S/C24H25N7O5S/c1-5-36-20-11-6-8-16(27-20)22-28-29-23(31(22)21-17(34-3)9-7-10-18(21)35-4)24(32)30-37(33)14-19-25-12-15(2)13-26-19/h6-13H,5,14H2,1-4H3,(H,30,32). The zero-order chi connectivity index (χ0) is 26.4. The van der Waals surface area contributed by atoms with Crippen LogP contribution < -0.4 is 18.9 Å². The van der Waals surface area contributed by atoms with Crippen molar-refractivity contribution < 1.29 is 23.2 Å². The minimum absolute atomic E-state index is 0.0804. The van der Waals surface area contributed by atoms with Crippen molar-refractivity contribution in [1.29, 1.82) is 0 Å². The Morgan fingerprint density at radius 2 is 1.70 bits per heavy atom. The molecule has 0 aliphatic rings. The van der Waals surface area contributed by atoms with Gasteiger partial charge in [-0.15, -0.1) is 10.2 Å². The summed E-state index contributed by atoms with van der Waals surface area (Å²) in [5.74, 6) is 0.749. The number of carbonyl (C=O) groups is 1. The number of ether oxygens (including phenoxy) is 3. The molecule has 0 bridgehead atoms. The molecule has 0 spiro atoms. The van der Waals surface area contributed by atoms with Gasteiger partial charge >= 0.3 is 5.91 Å². The van der Waals surface area contributed by atoms with Gasteiger partial charge in [0.15, 0.2) is 5.82 Å². The molecular formula is C24H25N7O5S. The number of nitrogens with one attached hydrogen (secondary N) is 1. The quantitative estimate of drug-likeness (QED) is 0.329. The maximum Gasteiger partial charge on any atom is 0.301 e. The van der Waals surface area contributed by atoms with Gasteiger partial charge in [0.05, 0.1) is 20.8 Å². The summed E-state index contributed by atoms with van der Waals surface area (Å²) in [6.07, 6.45) is 3.23. The number of benzene rings is 1. The Kier molecular flexibility index (Phi) is 8.03. The second-order valence-electron chi connectivity index (χ2n) is 7.59. The molecule has 0 radical (unpaired) electrons. The number of carbonyl (C=O) groups excluding carboxylic acids is 1. The number of hydrogen-bond acceptors (Lipinski definition) is 10. The Bertz CT molecular complexity index is 1400. The maximum atomic E-state index is 13.3. The smallest absolute Gasteiger partial charge is 0.301 e. The summed E-state index contributed by atoms with van der Waals surface area (Å²) in [5.41, 5.74) is 1.63. The lowest BCUT2D eigenvalue weighted by Crippen LogP contribution is -2.29. The number of amides is 1. The van der Waals surface area contributed by atoms with Crippen molar-refractivity contribution in [1.82, 2.24) is 34.4 Å². The Morgan fingerprint density at radius 1 is 1.03 bits per heavy atom. The highest BCUT2D eigenvalue weighted by Gasteiger charge is 2.27. The van der Waals surface area contributed by atoms with Crippen molar-refractivity contribution in [2.45, 2.75) is 19.6 Å². The van der Waals surface area contributed by atoms with E-state index in [4.69, 9.17) is 14.2 Å². The number of pyridine rings is 1. The van der Waals surface area contributed by atoms with Crippen molar-refractivity contribution in [2.24, 2.45) is 0 Å². The fourth-order valence-electron chi connectivity index (χ4n) is 3.42. The van der Waals surface area contributed by atoms with Crippen LogP contribution in [0.1, 0.15) is 28.9 Å². The monoisotopic (exact) mass is 523 g/mol. The molecule has 3 aromatic heterocycles. The number of methoxy groups -OCH3 is 2. The third kappa shape index (κ3) is 5.72. The Labute approximate surface area is 215 Å². The Hall–Kier alpha value is -4.39. The molecule has 192 valence electrons. The van der Waals surface area contributed by atoms with E-state index >= 15 is 0 Å². The second kappa shape index (κ2) is 11.6. The molecule has 4 aromatic rings. The number of aromatic nitrogens is 6. The van der Waals surface area contributed by atoms with Crippen LogP contribution >= 0.6 is 0 Å². The van der Waals surface area contributed by atoms with Crippen LogP contribution in [0.3, 0.4) is 0 Å². The molecule has 0 saturated heterocycles. The van der Waals surface area contributed by atoms with E-state index < -0.39 is 16.9 Å². The van der Waals surface area contributed by atoms with Gasteiger partial charge in [0.2, 0.25) is 11.7 Å². The van der Waals surface area contributed by atoms with E-state index in [1.165, 1.54) is 18.8 Å². The van der Waals surface area contributed by atoms with Gasteiger partial charge in [-0.2, -0.15) is 0 Å². The van der Waals surface area contributed by atoms with Crippen molar-refractivity contribution >= 4 is 16.9 Å². The van der Waals surface area contributed by atoms with Gasteiger partial charge in [0.25, 0.3) is 0 Å². The van der Waals surface area contributed by atoms with Gasteiger partial charge in [-0.05, 0) is 37.6 Å². The molecule has 0 fully saturated rings. The zero-order valence-corrected chi connectivity index (χ0v) is 21.5. The molecule has 0 aliphatic carbocycles.